The lowest BCUT2D eigenvalue weighted by Gasteiger charge is -2.30. The Hall–Kier alpha value is -0.160. The van der Waals surface area contributed by atoms with Gasteiger partial charge in [-0.2, -0.15) is 0 Å². The van der Waals surface area contributed by atoms with Crippen LogP contribution in [0.5, 0.6) is 0 Å². The number of rotatable bonds is 10. The molecule has 2 nitrogen and oxygen atoms in total. The second kappa shape index (κ2) is 11.6. The number of likely N-dealkylation sites (tertiary alicyclic amines) is 1. The number of nitrogens with zero attached hydrogens (tertiary/aromatic N) is 2. The van der Waals surface area contributed by atoms with Crippen LogP contribution in [0, 0.1) is 5.92 Å². The topological polar surface area (TPSA) is 7.12 Å². The molecule has 2 heterocycles. The van der Waals surface area contributed by atoms with Crippen molar-refractivity contribution in [3.05, 3.63) is 29.6 Å². The summed E-state index contributed by atoms with van der Waals surface area (Å²) in [6.45, 7) is 4.77. The van der Waals surface area contributed by atoms with Gasteiger partial charge < -0.3 is 24.0 Å². The molecule has 0 radical (unpaired) electrons. The maximum atomic E-state index is 2.59. The molecule has 1 aromatic rings. The van der Waals surface area contributed by atoms with Crippen LogP contribution >= 0.6 is 0 Å². The van der Waals surface area contributed by atoms with Gasteiger partial charge in [0.05, 0.1) is 0 Å². The molecular formula is C23H39IN2. The molecule has 3 heteroatoms. The number of unbranched alkanes of at least 4 members (excludes halogenated alkanes) is 8. The largest absolute Gasteiger partial charge is 1.00 e. The number of pyridine rings is 1. The van der Waals surface area contributed by atoms with Gasteiger partial charge in [0.1, 0.15) is 6.54 Å². The van der Waals surface area contributed by atoms with E-state index in [2.05, 4.69) is 41.9 Å². The second-order valence-corrected chi connectivity index (χ2v) is 8.50. The summed E-state index contributed by atoms with van der Waals surface area (Å²) in [4.78, 5) is 2.59. The minimum absolute atomic E-state index is 0. The molecular weight excluding hydrogens is 431 g/mol. The number of hydrogen-bond acceptors (Lipinski definition) is 1. The van der Waals surface area contributed by atoms with Crippen LogP contribution in [0.25, 0.3) is 0 Å². The lowest BCUT2D eigenvalue weighted by molar-refractivity contribution is -0.698. The fourth-order valence-electron chi connectivity index (χ4n) is 4.99. The summed E-state index contributed by atoms with van der Waals surface area (Å²) in [6.07, 6.45) is 21.6. The molecule has 1 aromatic heterocycles. The molecule has 1 saturated heterocycles. The van der Waals surface area contributed by atoms with Crippen molar-refractivity contribution in [2.45, 2.75) is 96.6 Å². The monoisotopic (exact) mass is 470 g/mol. The predicted molar refractivity (Wildman–Crippen MR) is 106 cm³/mol. The minimum atomic E-state index is 0. The molecule has 0 aromatic carbocycles. The lowest BCUT2D eigenvalue weighted by atomic mass is 9.81. The van der Waals surface area contributed by atoms with Crippen LogP contribution < -0.4 is 28.5 Å². The summed E-state index contributed by atoms with van der Waals surface area (Å²) in [5, 5.41) is 0. The van der Waals surface area contributed by atoms with E-state index < -0.39 is 0 Å². The fraction of sp³-hybridized carbons (Fsp3) is 0.783. The normalized spacial score (nSPS) is 21.9. The molecule has 148 valence electrons. The van der Waals surface area contributed by atoms with E-state index in [1.807, 2.05) is 0 Å². The van der Waals surface area contributed by atoms with Gasteiger partial charge in [0.25, 0.3) is 0 Å². The van der Waals surface area contributed by atoms with Gasteiger partial charge in [-0.3, -0.25) is 4.90 Å². The standard InChI is InChI=1S/C23H39N2.HI/c1-3-4-5-6-7-8-9-10-11-16-25-18-15-20-12-13-21-14-17-24(2)23(21)22(20)19-25;/h15,18-19,21,23H,3-14,16-17H2,1-2H3;1H/q+1;/p-1. The van der Waals surface area contributed by atoms with Crippen molar-refractivity contribution in [2.24, 2.45) is 5.92 Å². The Bertz CT molecular complexity index is 531. The van der Waals surface area contributed by atoms with Crippen LogP contribution in [0.4, 0.5) is 0 Å². The first kappa shape index (κ1) is 22.1. The molecule has 26 heavy (non-hydrogen) atoms. The van der Waals surface area contributed by atoms with Gasteiger partial charge in [0.15, 0.2) is 12.4 Å². The minimum Gasteiger partial charge on any atom is -1.00 e. The van der Waals surface area contributed by atoms with E-state index in [-0.39, 0.29) is 24.0 Å². The maximum Gasteiger partial charge on any atom is 0.173 e. The Morgan fingerprint density at radius 1 is 1.00 bits per heavy atom. The van der Waals surface area contributed by atoms with Crippen molar-refractivity contribution in [1.82, 2.24) is 4.90 Å². The molecule has 0 N–H and O–H groups in total. The van der Waals surface area contributed by atoms with Crippen molar-refractivity contribution in [3.63, 3.8) is 0 Å². The van der Waals surface area contributed by atoms with E-state index in [1.165, 1.54) is 90.1 Å². The van der Waals surface area contributed by atoms with Crippen LogP contribution in [0.1, 0.15) is 94.7 Å². The molecule has 3 rings (SSSR count). The number of fused-ring (bicyclic) bond motifs is 3. The first-order valence-electron chi connectivity index (χ1n) is 11.0. The first-order valence-corrected chi connectivity index (χ1v) is 11.0. The van der Waals surface area contributed by atoms with Gasteiger partial charge in [-0.25, -0.2) is 4.57 Å². The van der Waals surface area contributed by atoms with Crippen LogP contribution in [0.2, 0.25) is 0 Å². The zero-order chi connectivity index (χ0) is 17.5. The van der Waals surface area contributed by atoms with Crippen molar-refractivity contribution in [3.8, 4) is 0 Å². The third-order valence-corrected chi connectivity index (χ3v) is 6.54. The smallest absolute Gasteiger partial charge is 0.173 e. The summed E-state index contributed by atoms with van der Waals surface area (Å²) in [6, 6.07) is 3.10. The van der Waals surface area contributed by atoms with Gasteiger partial charge >= 0.3 is 0 Å². The van der Waals surface area contributed by atoms with Crippen molar-refractivity contribution < 1.29 is 28.5 Å². The van der Waals surface area contributed by atoms with Gasteiger partial charge in [-0.05, 0) is 50.8 Å². The predicted octanol–water partition coefficient (Wildman–Crippen LogP) is 2.45. The third-order valence-electron chi connectivity index (χ3n) is 6.54. The van der Waals surface area contributed by atoms with E-state index in [0.29, 0.717) is 6.04 Å². The lowest BCUT2D eigenvalue weighted by Crippen LogP contribution is -3.00. The Labute approximate surface area is 178 Å². The highest BCUT2D eigenvalue weighted by molar-refractivity contribution is 5.29. The molecule has 1 fully saturated rings. The number of halogens is 1. The molecule has 0 amide bonds. The summed E-state index contributed by atoms with van der Waals surface area (Å²) in [5.41, 5.74) is 3.24. The van der Waals surface area contributed by atoms with Crippen LogP contribution in [0.15, 0.2) is 18.5 Å². The number of aryl methyl sites for hydroxylation is 2. The third kappa shape index (κ3) is 5.92. The van der Waals surface area contributed by atoms with Gasteiger partial charge in [-0.1, -0.05) is 51.9 Å². The Morgan fingerprint density at radius 2 is 1.69 bits per heavy atom. The molecule has 1 aliphatic heterocycles. The molecule has 2 aliphatic rings. The average Bonchev–Trinajstić information content (AvgIpc) is 3.02. The molecule has 2 unspecified atom stereocenters. The highest BCUT2D eigenvalue weighted by Crippen LogP contribution is 2.43. The van der Waals surface area contributed by atoms with Crippen LogP contribution in [-0.4, -0.2) is 18.5 Å². The molecule has 0 spiro atoms. The number of hydrogen-bond donors (Lipinski definition) is 0. The van der Waals surface area contributed by atoms with Crippen molar-refractivity contribution in [1.29, 1.82) is 0 Å². The Balaban J connectivity index is 0.00000243. The Kier molecular flexibility index (Phi) is 9.90. The molecule has 0 bridgehead atoms. The molecule has 0 saturated carbocycles. The van der Waals surface area contributed by atoms with E-state index >= 15 is 0 Å². The summed E-state index contributed by atoms with van der Waals surface area (Å²) >= 11 is 0. The van der Waals surface area contributed by atoms with Crippen LogP contribution in [-0.2, 0) is 13.0 Å². The summed E-state index contributed by atoms with van der Waals surface area (Å²) in [7, 11) is 2.32. The SMILES string of the molecule is CCCCCCCCCCC[n+]1ccc2c(c1)C1C(CC2)CCN1C.[I-]. The number of aromatic nitrogens is 1. The maximum absolute atomic E-state index is 2.59. The van der Waals surface area contributed by atoms with E-state index in [4.69, 9.17) is 0 Å². The fourth-order valence-corrected chi connectivity index (χ4v) is 4.99. The van der Waals surface area contributed by atoms with Gasteiger partial charge in [0.2, 0.25) is 0 Å². The highest BCUT2D eigenvalue weighted by atomic mass is 127. The highest BCUT2D eigenvalue weighted by Gasteiger charge is 2.38. The van der Waals surface area contributed by atoms with E-state index in [1.54, 1.807) is 11.1 Å². The van der Waals surface area contributed by atoms with Crippen LogP contribution in [0.3, 0.4) is 0 Å². The summed E-state index contributed by atoms with van der Waals surface area (Å²) in [5.74, 6) is 0.904. The van der Waals surface area contributed by atoms with Crippen molar-refractivity contribution in [2.75, 3.05) is 13.6 Å². The van der Waals surface area contributed by atoms with Gasteiger partial charge in [0, 0.05) is 24.1 Å². The second-order valence-electron chi connectivity index (χ2n) is 8.50. The van der Waals surface area contributed by atoms with E-state index in [9.17, 15) is 0 Å². The zero-order valence-electron chi connectivity index (χ0n) is 17.1. The zero-order valence-corrected chi connectivity index (χ0v) is 19.2. The van der Waals surface area contributed by atoms with Gasteiger partial charge in [-0.15, -0.1) is 0 Å². The Morgan fingerprint density at radius 3 is 2.42 bits per heavy atom. The molecule has 2 atom stereocenters. The van der Waals surface area contributed by atoms with Crippen molar-refractivity contribution >= 4 is 0 Å². The first-order chi connectivity index (χ1) is 12.3. The van der Waals surface area contributed by atoms with E-state index in [0.717, 1.165) is 5.92 Å². The average molecular weight is 470 g/mol. The quantitative estimate of drug-likeness (QED) is 0.290. The summed E-state index contributed by atoms with van der Waals surface area (Å²) < 4.78 is 2.47. The molecule has 1 aliphatic carbocycles.